The van der Waals surface area contributed by atoms with Gasteiger partial charge in [-0.05, 0) is 52.8 Å². The number of hydrogen-bond donors (Lipinski definition) is 2. The van der Waals surface area contributed by atoms with Crippen LogP contribution in [0.3, 0.4) is 0 Å². The summed E-state index contributed by atoms with van der Waals surface area (Å²) in [5.74, 6) is 1.33. The highest BCUT2D eigenvalue weighted by atomic mass is 79.9. The van der Waals surface area contributed by atoms with E-state index < -0.39 is 0 Å². The van der Waals surface area contributed by atoms with Gasteiger partial charge >= 0.3 is 0 Å². The van der Waals surface area contributed by atoms with E-state index >= 15 is 0 Å². The molecule has 0 aliphatic rings. The molecule has 19 heavy (non-hydrogen) atoms. The molecule has 0 aromatic heterocycles. The molecule has 0 atom stereocenters. The molecule has 0 spiro atoms. The quantitative estimate of drug-likeness (QED) is 0.487. The number of methoxy groups -OCH3 is 1. The first kappa shape index (κ1) is 15.7. The number of rotatable bonds is 5. The lowest BCUT2D eigenvalue weighted by Crippen LogP contribution is -2.28. The monoisotopic (exact) mass is 345 g/mol. The largest absolute Gasteiger partial charge is 0.493 e. The number of halogens is 1. The average Bonchev–Trinajstić information content (AvgIpc) is 2.41. The summed E-state index contributed by atoms with van der Waals surface area (Å²) in [4.78, 5) is 0. The van der Waals surface area contributed by atoms with Crippen LogP contribution in [-0.2, 0) is 0 Å². The van der Waals surface area contributed by atoms with E-state index in [1.807, 2.05) is 19.1 Å². The van der Waals surface area contributed by atoms with Crippen LogP contribution in [0.5, 0.6) is 11.5 Å². The van der Waals surface area contributed by atoms with Gasteiger partial charge in [-0.1, -0.05) is 0 Å². The zero-order valence-electron chi connectivity index (χ0n) is 11.0. The van der Waals surface area contributed by atoms with E-state index in [9.17, 15) is 0 Å². The Hall–Kier alpha value is -1.34. The molecule has 0 radical (unpaired) electrons. The van der Waals surface area contributed by atoms with E-state index in [1.54, 1.807) is 20.4 Å². The number of nitrogens with zero attached hydrogens (tertiary/aromatic N) is 1. The van der Waals surface area contributed by atoms with Crippen molar-refractivity contribution in [3.8, 4) is 11.5 Å². The predicted molar refractivity (Wildman–Crippen MR) is 84.3 cm³/mol. The highest BCUT2D eigenvalue weighted by molar-refractivity contribution is 9.10. The molecular weight excluding hydrogens is 330 g/mol. The molecular formula is C12H16BrN3O2S. The van der Waals surface area contributed by atoms with Crippen LogP contribution < -0.4 is 20.2 Å². The Morgan fingerprint density at radius 1 is 1.53 bits per heavy atom. The van der Waals surface area contributed by atoms with Crippen LogP contribution >= 0.6 is 28.1 Å². The van der Waals surface area contributed by atoms with Gasteiger partial charge in [-0.15, -0.1) is 0 Å². The summed E-state index contributed by atoms with van der Waals surface area (Å²) >= 11 is 8.36. The second-order valence-corrected chi connectivity index (χ2v) is 4.68. The first-order chi connectivity index (χ1) is 9.12. The lowest BCUT2D eigenvalue weighted by Gasteiger charge is -2.12. The Morgan fingerprint density at radius 3 is 2.84 bits per heavy atom. The molecule has 7 heteroatoms. The normalized spacial score (nSPS) is 10.3. The van der Waals surface area contributed by atoms with Crippen LogP contribution in [0.15, 0.2) is 21.7 Å². The fourth-order valence-corrected chi connectivity index (χ4v) is 1.95. The third kappa shape index (κ3) is 4.68. The summed E-state index contributed by atoms with van der Waals surface area (Å²) in [5.41, 5.74) is 3.54. The summed E-state index contributed by atoms with van der Waals surface area (Å²) < 4.78 is 11.6. The highest BCUT2D eigenvalue weighted by Gasteiger charge is 2.10. The van der Waals surface area contributed by atoms with Gasteiger partial charge in [-0.2, -0.15) is 5.10 Å². The Bertz CT molecular complexity index is 480. The molecule has 104 valence electrons. The van der Waals surface area contributed by atoms with Crippen molar-refractivity contribution in [2.24, 2.45) is 5.10 Å². The number of benzene rings is 1. The molecule has 1 aromatic carbocycles. The van der Waals surface area contributed by atoms with Crippen molar-refractivity contribution in [1.82, 2.24) is 10.7 Å². The average molecular weight is 346 g/mol. The van der Waals surface area contributed by atoms with Crippen molar-refractivity contribution < 1.29 is 9.47 Å². The molecule has 2 N–H and O–H groups in total. The molecule has 0 saturated carbocycles. The van der Waals surface area contributed by atoms with Crippen LogP contribution in [0.25, 0.3) is 0 Å². The second kappa shape index (κ2) is 7.96. The van der Waals surface area contributed by atoms with Crippen molar-refractivity contribution in [2.75, 3.05) is 20.8 Å². The molecule has 0 fully saturated rings. The van der Waals surface area contributed by atoms with Crippen molar-refractivity contribution in [2.45, 2.75) is 6.92 Å². The summed E-state index contributed by atoms with van der Waals surface area (Å²) in [5, 5.41) is 7.22. The fraction of sp³-hybridized carbons (Fsp3) is 0.333. The van der Waals surface area contributed by atoms with E-state index in [-0.39, 0.29) is 0 Å². The summed E-state index contributed by atoms with van der Waals surface area (Å²) in [6.07, 6.45) is 1.65. The minimum Gasteiger partial charge on any atom is -0.493 e. The van der Waals surface area contributed by atoms with E-state index in [2.05, 4.69) is 31.8 Å². The fourth-order valence-electron chi connectivity index (χ4n) is 1.32. The van der Waals surface area contributed by atoms with Crippen LogP contribution in [0, 0.1) is 0 Å². The van der Waals surface area contributed by atoms with E-state index in [0.29, 0.717) is 23.2 Å². The minimum absolute atomic E-state index is 0.452. The molecule has 0 aliphatic carbocycles. The Balaban J connectivity index is 2.92. The van der Waals surface area contributed by atoms with Gasteiger partial charge in [0.2, 0.25) is 0 Å². The van der Waals surface area contributed by atoms with Gasteiger partial charge in [0.15, 0.2) is 16.6 Å². The van der Waals surface area contributed by atoms with Crippen LogP contribution in [-0.4, -0.2) is 32.1 Å². The molecule has 5 nitrogen and oxygen atoms in total. The molecule has 1 aromatic rings. The van der Waals surface area contributed by atoms with Gasteiger partial charge in [-0.3, -0.25) is 5.43 Å². The maximum absolute atomic E-state index is 5.51. The lowest BCUT2D eigenvalue weighted by molar-refractivity contribution is 0.309. The Labute approximate surface area is 126 Å². The number of ether oxygens (including phenoxy) is 2. The molecule has 1 rings (SSSR count). The molecule has 0 heterocycles. The zero-order chi connectivity index (χ0) is 14.3. The van der Waals surface area contributed by atoms with Gasteiger partial charge < -0.3 is 14.8 Å². The maximum Gasteiger partial charge on any atom is 0.186 e. The van der Waals surface area contributed by atoms with Crippen molar-refractivity contribution in [1.29, 1.82) is 0 Å². The minimum atomic E-state index is 0.452. The summed E-state index contributed by atoms with van der Waals surface area (Å²) in [7, 11) is 3.32. The number of nitrogens with one attached hydrogen (secondary N) is 2. The summed E-state index contributed by atoms with van der Waals surface area (Å²) in [6, 6.07) is 3.73. The van der Waals surface area contributed by atoms with Crippen molar-refractivity contribution >= 4 is 39.5 Å². The predicted octanol–water partition coefficient (Wildman–Crippen LogP) is 2.28. The summed E-state index contributed by atoms with van der Waals surface area (Å²) in [6.45, 7) is 2.49. The van der Waals surface area contributed by atoms with Crippen molar-refractivity contribution in [3.05, 3.63) is 22.2 Å². The lowest BCUT2D eigenvalue weighted by atomic mass is 10.2. The smallest absolute Gasteiger partial charge is 0.186 e. The van der Waals surface area contributed by atoms with E-state index in [4.69, 9.17) is 21.7 Å². The van der Waals surface area contributed by atoms with Crippen molar-refractivity contribution in [3.63, 3.8) is 0 Å². The molecule has 0 unspecified atom stereocenters. The number of hydrazone groups is 1. The highest BCUT2D eigenvalue weighted by Crippen LogP contribution is 2.36. The van der Waals surface area contributed by atoms with Gasteiger partial charge in [-0.25, -0.2) is 0 Å². The Morgan fingerprint density at radius 2 is 2.26 bits per heavy atom. The zero-order valence-corrected chi connectivity index (χ0v) is 13.4. The van der Waals surface area contributed by atoms with Gasteiger partial charge in [0.1, 0.15) is 0 Å². The van der Waals surface area contributed by atoms with Gasteiger partial charge in [0.25, 0.3) is 0 Å². The number of hydrogen-bond acceptors (Lipinski definition) is 4. The maximum atomic E-state index is 5.51. The third-order valence-electron chi connectivity index (χ3n) is 2.15. The molecule has 0 aliphatic heterocycles. The Kier molecular flexibility index (Phi) is 6.58. The third-order valence-corrected chi connectivity index (χ3v) is 3.03. The molecule has 0 amide bonds. The first-order valence-corrected chi connectivity index (χ1v) is 6.83. The van der Waals surface area contributed by atoms with Gasteiger partial charge in [0.05, 0.1) is 24.4 Å². The topological polar surface area (TPSA) is 54.9 Å². The van der Waals surface area contributed by atoms with Crippen LogP contribution in [0.4, 0.5) is 0 Å². The van der Waals surface area contributed by atoms with E-state index in [0.717, 1.165) is 10.0 Å². The van der Waals surface area contributed by atoms with Crippen LogP contribution in [0.2, 0.25) is 0 Å². The first-order valence-electron chi connectivity index (χ1n) is 5.63. The molecule has 0 saturated heterocycles. The van der Waals surface area contributed by atoms with Crippen LogP contribution in [0.1, 0.15) is 12.5 Å². The SMILES string of the molecule is CCOc1c(Br)cc(/C=N/NC(=S)NC)cc1OC. The van der Waals surface area contributed by atoms with E-state index in [1.165, 1.54) is 0 Å². The standard InChI is InChI=1S/C12H16BrN3O2S/c1-4-18-11-9(13)5-8(6-10(11)17-3)7-15-16-12(19)14-2/h5-7H,4H2,1-3H3,(H2,14,16,19)/b15-7+. The molecule has 0 bridgehead atoms. The van der Waals surface area contributed by atoms with Gasteiger partial charge in [0, 0.05) is 7.05 Å². The second-order valence-electron chi connectivity index (χ2n) is 3.42. The number of thiocarbonyl (C=S) groups is 1.